The molecule has 0 fully saturated rings. The first-order valence-corrected chi connectivity index (χ1v) is 6.88. The van der Waals surface area contributed by atoms with E-state index in [2.05, 4.69) is 5.16 Å². The summed E-state index contributed by atoms with van der Waals surface area (Å²) in [7, 11) is -3.37. The summed E-state index contributed by atoms with van der Waals surface area (Å²) < 4.78 is 22.9. The van der Waals surface area contributed by atoms with E-state index in [0.29, 0.717) is 0 Å². The van der Waals surface area contributed by atoms with E-state index in [0.717, 1.165) is 0 Å². The standard InChI is InChI=1S/C10H12N2O5S/c1-2-18(16,17)7-10(11-13)8-4-3-5-9(6-8)12(14)15/h3-6,13H,2,7H2,1H3/b11-10-. The molecule has 0 spiro atoms. The van der Waals surface area contributed by atoms with Crippen LogP contribution in [0, 0.1) is 10.1 Å². The molecule has 0 saturated carbocycles. The summed E-state index contributed by atoms with van der Waals surface area (Å²) in [4.78, 5) is 9.99. The van der Waals surface area contributed by atoms with Gasteiger partial charge >= 0.3 is 0 Å². The minimum Gasteiger partial charge on any atom is -0.411 e. The van der Waals surface area contributed by atoms with Crippen molar-refractivity contribution in [2.24, 2.45) is 5.16 Å². The SMILES string of the molecule is CCS(=O)(=O)C/C(=N/O)c1cccc([N+](=O)[O-])c1. The number of hydrogen-bond donors (Lipinski definition) is 1. The predicted octanol–water partition coefficient (Wildman–Crippen LogP) is 1.21. The lowest BCUT2D eigenvalue weighted by molar-refractivity contribution is -0.384. The van der Waals surface area contributed by atoms with Gasteiger partial charge in [-0.05, 0) is 0 Å². The van der Waals surface area contributed by atoms with Crippen LogP contribution in [0.4, 0.5) is 5.69 Å². The van der Waals surface area contributed by atoms with E-state index >= 15 is 0 Å². The van der Waals surface area contributed by atoms with Crippen LogP contribution in [0.5, 0.6) is 0 Å². The summed E-state index contributed by atoms with van der Waals surface area (Å²) >= 11 is 0. The van der Waals surface area contributed by atoms with Gasteiger partial charge < -0.3 is 5.21 Å². The van der Waals surface area contributed by atoms with Crippen LogP contribution in [0.15, 0.2) is 29.4 Å². The molecule has 18 heavy (non-hydrogen) atoms. The number of benzene rings is 1. The number of nitro benzene ring substituents is 1. The highest BCUT2D eigenvalue weighted by atomic mass is 32.2. The molecule has 0 atom stereocenters. The molecule has 7 nitrogen and oxygen atoms in total. The molecule has 0 saturated heterocycles. The monoisotopic (exact) mass is 272 g/mol. The van der Waals surface area contributed by atoms with Crippen LogP contribution in [-0.4, -0.2) is 35.8 Å². The summed E-state index contributed by atoms with van der Waals surface area (Å²) in [5.74, 6) is -0.553. The van der Waals surface area contributed by atoms with Crippen molar-refractivity contribution in [3.05, 3.63) is 39.9 Å². The lowest BCUT2D eigenvalue weighted by Gasteiger charge is -2.04. The van der Waals surface area contributed by atoms with Gasteiger partial charge in [0.1, 0.15) is 5.71 Å². The Labute approximate surface area is 104 Å². The van der Waals surface area contributed by atoms with Gasteiger partial charge in [0.15, 0.2) is 9.84 Å². The van der Waals surface area contributed by atoms with E-state index in [1.54, 1.807) is 0 Å². The number of oxime groups is 1. The van der Waals surface area contributed by atoms with Crippen molar-refractivity contribution in [2.75, 3.05) is 11.5 Å². The van der Waals surface area contributed by atoms with E-state index in [1.165, 1.54) is 31.2 Å². The molecular weight excluding hydrogens is 260 g/mol. The van der Waals surface area contributed by atoms with E-state index in [1.807, 2.05) is 0 Å². The molecule has 0 aromatic heterocycles. The third kappa shape index (κ3) is 3.52. The fourth-order valence-corrected chi connectivity index (χ4v) is 2.12. The highest BCUT2D eigenvalue weighted by molar-refractivity contribution is 7.92. The first-order valence-electron chi connectivity index (χ1n) is 5.06. The van der Waals surface area contributed by atoms with Gasteiger partial charge in [0.2, 0.25) is 0 Å². The molecule has 0 unspecified atom stereocenters. The maximum Gasteiger partial charge on any atom is 0.270 e. The second kappa shape index (κ2) is 5.58. The number of hydrogen-bond acceptors (Lipinski definition) is 6. The fraction of sp³-hybridized carbons (Fsp3) is 0.300. The first-order chi connectivity index (χ1) is 8.39. The molecule has 0 aliphatic rings. The molecule has 1 N–H and O–H groups in total. The first kappa shape index (κ1) is 14.1. The molecule has 1 rings (SSSR count). The quantitative estimate of drug-likeness (QED) is 0.375. The third-order valence-electron chi connectivity index (χ3n) is 2.31. The van der Waals surface area contributed by atoms with Crippen molar-refractivity contribution in [1.82, 2.24) is 0 Å². The highest BCUT2D eigenvalue weighted by Crippen LogP contribution is 2.14. The van der Waals surface area contributed by atoms with Gasteiger partial charge in [-0.3, -0.25) is 10.1 Å². The van der Waals surface area contributed by atoms with Gasteiger partial charge in [0.25, 0.3) is 5.69 Å². The summed E-state index contributed by atoms with van der Waals surface area (Å²) in [6, 6.07) is 5.29. The summed E-state index contributed by atoms with van der Waals surface area (Å²) in [6.07, 6.45) is 0. The van der Waals surface area contributed by atoms with Crippen molar-refractivity contribution >= 4 is 21.2 Å². The second-order valence-corrected chi connectivity index (χ2v) is 5.88. The van der Waals surface area contributed by atoms with Crippen LogP contribution in [0.25, 0.3) is 0 Å². The maximum absolute atomic E-state index is 11.4. The lowest BCUT2D eigenvalue weighted by Crippen LogP contribution is -2.18. The van der Waals surface area contributed by atoms with Crippen molar-refractivity contribution < 1.29 is 18.5 Å². The Morgan fingerprint density at radius 2 is 2.17 bits per heavy atom. The Balaban J connectivity index is 3.11. The van der Waals surface area contributed by atoms with Crippen LogP contribution in [0.3, 0.4) is 0 Å². The van der Waals surface area contributed by atoms with Gasteiger partial charge in [-0.15, -0.1) is 0 Å². The Morgan fingerprint density at radius 1 is 1.50 bits per heavy atom. The lowest BCUT2D eigenvalue weighted by atomic mass is 10.1. The Hall–Kier alpha value is -1.96. The second-order valence-electron chi connectivity index (χ2n) is 3.53. The minimum absolute atomic E-state index is 0.0963. The Morgan fingerprint density at radius 3 is 2.67 bits per heavy atom. The molecular formula is C10H12N2O5S. The zero-order valence-electron chi connectivity index (χ0n) is 9.61. The summed E-state index contributed by atoms with van der Waals surface area (Å²) in [6.45, 7) is 1.47. The van der Waals surface area contributed by atoms with Crippen molar-refractivity contribution in [1.29, 1.82) is 0 Å². The normalized spacial score (nSPS) is 12.4. The van der Waals surface area contributed by atoms with Crippen LogP contribution >= 0.6 is 0 Å². The minimum atomic E-state index is -3.37. The van der Waals surface area contributed by atoms with Gasteiger partial charge in [0.05, 0.1) is 10.7 Å². The molecule has 8 heteroatoms. The summed E-state index contributed by atoms with van der Waals surface area (Å²) in [5, 5.41) is 22.3. The van der Waals surface area contributed by atoms with Gasteiger partial charge in [-0.25, -0.2) is 8.42 Å². The molecule has 0 amide bonds. The number of non-ortho nitro benzene ring substituents is 1. The van der Waals surface area contributed by atoms with Crippen molar-refractivity contribution in [3.8, 4) is 0 Å². The van der Waals surface area contributed by atoms with Gasteiger partial charge in [-0.1, -0.05) is 24.2 Å². The maximum atomic E-state index is 11.4. The largest absolute Gasteiger partial charge is 0.411 e. The number of nitrogens with zero attached hydrogens (tertiary/aromatic N) is 2. The number of nitro groups is 1. The highest BCUT2D eigenvalue weighted by Gasteiger charge is 2.17. The van der Waals surface area contributed by atoms with Gasteiger partial charge in [0, 0.05) is 23.4 Å². The predicted molar refractivity (Wildman–Crippen MR) is 65.7 cm³/mol. The van der Waals surface area contributed by atoms with Crippen molar-refractivity contribution in [2.45, 2.75) is 6.92 Å². The van der Waals surface area contributed by atoms with Crippen LogP contribution < -0.4 is 0 Å². The van der Waals surface area contributed by atoms with Crippen LogP contribution in [0.2, 0.25) is 0 Å². The molecule has 0 radical (unpaired) electrons. The molecule has 98 valence electrons. The topological polar surface area (TPSA) is 110 Å². The van der Waals surface area contributed by atoms with E-state index in [4.69, 9.17) is 5.21 Å². The zero-order valence-corrected chi connectivity index (χ0v) is 10.4. The number of rotatable bonds is 5. The molecule has 0 aliphatic heterocycles. The van der Waals surface area contributed by atoms with E-state index in [9.17, 15) is 18.5 Å². The Kier molecular flexibility index (Phi) is 4.38. The van der Waals surface area contributed by atoms with Gasteiger partial charge in [-0.2, -0.15) is 0 Å². The fourth-order valence-electron chi connectivity index (χ4n) is 1.28. The van der Waals surface area contributed by atoms with Crippen molar-refractivity contribution in [3.63, 3.8) is 0 Å². The van der Waals surface area contributed by atoms with E-state index < -0.39 is 20.5 Å². The van der Waals surface area contributed by atoms with Crippen LogP contribution in [0.1, 0.15) is 12.5 Å². The smallest absolute Gasteiger partial charge is 0.270 e. The van der Waals surface area contributed by atoms with Crippen LogP contribution in [-0.2, 0) is 9.84 Å². The zero-order chi connectivity index (χ0) is 13.8. The average molecular weight is 272 g/mol. The molecule has 0 heterocycles. The average Bonchev–Trinajstić information content (AvgIpc) is 2.36. The molecule has 0 bridgehead atoms. The molecule has 1 aromatic rings. The molecule has 0 aliphatic carbocycles. The third-order valence-corrected chi connectivity index (χ3v) is 3.90. The Bertz CT molecular complexity index is 580. The van der Waals surface area contributed by atoms with E-state index in [-0.39, 0.29) is 22.7 Å². The number of sulfone groups is 1. The molecule has 1 aromatic carbocycles. The summed E-state index contributed by atoms with van der Waals surface area (Å²) in [5.41, 5.74) is -0.0909.